The molecule has 4 rings (SSSR count). The highest BCUT2D eigenvalue weighted by Gasteiger charge is 2.59. The van der Waals surface area contributed by atoms with Gasteiger partial charge in [-0.1, -0.05) is 37.6 Å². The average Bonchev–Trinajstić information content (AvgIpc) is 3.42. The fraction of sp³-hybridized carbons (Fsp3) is 0.379. The molecule has 1 aliphatic heterocycles. The van der Waals surface area contributed by atoms with Crippen LogP contribution in [0.2, 0.25) is 0 Å². The summed E-state index contributed by atoms with van der Waals surface area (Å²) >= 11 is 0. The van der Waals surface area contributed by atoms with E-state index in [-0.39, 0.29) is 24.0 Å². The number of alkyl halides is 10. The maximum absolute atomic E-state index is 13.6. The van der Waals surface area contributed by atoms with Gasteiger partial charge in [0.05, 0.1) is 0 Å². The molecule has 0 fully saturated rings. The summed E-state index contributed by atoms with van der Waals surface area (Å²) in [5, 5.41) is 0. The lowest BCUT2D eigenvalue weighted by atomic mass is 10.1. The van der Waals surface area contributed by atoms with E-state index in [4.69, 9.17) is 9.47 Å². The van der Waals surface area contributed by atoms with Gasteiger partial charge in [-0.2, -0.15) is 39.5 Å². The number of aryl methyl sites for hydroxylation is 3. The van der Waals surface area contributed by atoms with Gasteiger partial charge < -0.3 is 18.9 Å². The molecule has 0 radical (unpaired) electrons. The van der Waals surface area contributed by atoms with E-state index in [0.717, 1.165) is 18.6 Å². The van der Waals surface area contributed by atoms with Crippen molar-refractivity contribution in [1.29, 1.82) is 0 Å². The standard InChI is InChI=1S/C10H8F6O.C10H10F2O2.C9H8F4O/c1-6-3-2-4-7(5-6)17-10(15,16)8(11)9(12,13)14;1-2-3-6-4-7(11)9-10(8(6)12)14-5-13-9;1-6-3-2-4-7(5-6)14-8(10)9(11,12)13/h2-5,8H,1H3;4H,2-3,5H2,1H3;2-5,8H,1H3. The first-order valence-corrected chi connectivity index (χ1v) is 12.8. The lowest BCUT2D eigenvalue weighted by Crippen LogP contribution is -2.45. The summed E-state index contributed by atoms with van der Waals surface area (Å²) in [6.07, 6.45) is -22.0. The maximum atomic E-state index is 13.6. The van der Waals surface area contributed by atoms with Crippen LogP contribution in [-0.4, -0.2) is 37.8 Å². The molecule has 0 spiro atoms. The summed E-state index contributed by atoms with van der Waals surface area (Å²) in [7, 11) is 0. The topological polar surface area (TPSA) is 36.9 Å². The zero-order valence-corrected chi connectivity index (χ0v) is 23.6. The van der Waals surface area contributed by atoms with E-state index < -0.39 is 48.4 Å². The third-order valence-corrected chi connectivity index (χ3v) is 5.44. The molecule has 0 bridgehead atoms. The van der Waals surface area contributed by atoms with Gasteiger partial charge in [-0.3, -0.25) is 0 Å². The third kappa shape index (κ3) is 11.2. The molecule has 2 atom stereocenters. The summed E-state index contributed by atoms with van der Waals surface area (Å²) in [5.41, 5.74) is 1.55. The van der Waals surface area contributed by atoms with Crippen molar-refractivity contribution in [3.8, 4) is 23.0 Å². The van der Waals surface area contributed by atoms with Crippen molar-refractivity contribution in [2.75, 3.05) is 6.79 Å². The molecule has 1 aliphatic rings. The number of ether oxygens (including phenoxy) is 4. The Hall–Kier alpha value is -3.98. The fourth-order valence-corrected chi connectivity index (χ4v) is 3.45. The quantitative estimate of drug-likeness (QED) is 0.236. The second-order valence-electron chi connectivity index (χ2n) is 9.32. The summed E-state index contributed by atoms with van der Waals surface area (Å²) in [6.45, 7) is 5.00. The van der Waals surface area contributed by atoms with Gasteiger partial charge in [0.25, 0.3) is 6.17 Å². The fourth-order valence-electron chi connectivity index (χ4n) is 3.45. The molecule has 0 saturated carbocycles. The first-order chi connectivity index (χ1) is 20.8. The first kappa shape index (κ1) is 37.2. The van der Waals surface area contributed by atoms with Crippen LogP contribution in [0.5, 0.6) is 23.0 Å². The van der Waals surface area contributed by atoms with Crippen molar-refractivity contribution in [2.45, 2.75) is 64.6 Å². The van der Waals surface area contributed by atoms with Crippen molar-refractivity contribution >= 4 is 0 Å². The molecule has 3 aromatic rings. The minimum Gasteiger partial charge on any atom is -0.452 e. The van der Waals surface area contributed by atoms with Crippen LogP contribution in [0.25, 0.3) is 0 Å². The molecule has 1 heterocycles. The van der Waals surface area contributed by atoms with E-state index in [9.17, 15) is 52.7 Å². The lowest BCUT2D eigenvalue weighted by molar-refractivity contribution is -0.305. The molecule has 0 saturated heterocycles. The third-order valence-electron chi connectivity index (χ3n) is 5.44. The molecule has 45 heavy (non-hydrogen) atoms. The highest BCUT2D eigenvalue weighted by Crippen LogP contribution is 2.39. The number of halogens is 12. The molecular formula is C29H26F12O4. The largest absolute Gasteiger partial charge is 0.457 e. The molecule has 4 nitrogen and oxygen atoms in total. The molecule has 0 aliphatic carbocycles. The van der Waals surface area contributed by atoms with E-state index in [1.165, 1.54) is 43.3 Å². The van der Waals surface area contributed by atoms with Gasteiger partial charge in [0.1, 0.15) is 11.5 Å². The second kappa shape index (κ2) is 15.3. The average molecular weight is 666 g/mol. The predicted octanol–water partition coefficient (Wildman–Crippen LogP) is 9.74. The monoisotopic (exact) mass is 666 g/mol. The van der Waals surface area contributed by atoms with E-state index in [1.54, 1.807) is 13.0 Å². The number of rotatable bonds is 7. The van der Waals surface area contributed by atoms with Crippen LogP contribution in [0.4, 0.5) is 52.7 Å². The van der Waals surface area contributed by atoms with Crippen LogP contribution < -0.4 is 18.9 Å². The Morgan fingerprint density at radius 2 is 1.29 bits per heavy atom. The Labute approximate surface area is 249 Å². The van der Waals surface area contributed by atoms with Crippen molar-refractivity contribution < 1.29 is 71.6 Å². The van der Waals surface area contributed by atoms with Crippen molar-refractivity contribution in [1.82, 2.24) is 0 Å². The van der Waals surface area contributed by atoms with Crippen LogP contribution >= 0.6 is 0 Å². The summed E-state index contributed by atoms with van der Waals surface area (Å²) in [6, 6.07) is 11.9. The zero-order chi connectivity index (χ0) is 34.2. The number of benzene rings is 3. The molecule has 0 N–H and O–H groups in total. The van der Waals surface area contributed by atoms with Gasteiger partial charge in [-0.05, 0) is 67.3 Å². The van der Waals surface area contributed by atoms with Crippen LogP contribution in [0.15, 0.2) is 54.6 Å². The predicted molar refractivity (Wildman–Crippen MR) is 137 cm³/mol. The van der Waals surface area contributed by atoms with E-state index >= 15 is 0 Å². The van der Waals surface area contributed by atoms with Crippen molar-refractivity contribution in [3.63, 3.8) is 0 Å². The molecule has 0 aromatic heterocycles. The maximum Gasteiger partial charge on any atom is 0.457 e. The van der Waals surface area contributed by atoms with Gasteiger partial charge in [-0.25, -0.2) is 13.2 Å². The molecule has 0 amide bonds. The Morgan fingerprint density at radius 1 is 0.756 bits per heavy atom. The highest BCUT2D eigenvalue weighted by atomic mass is 19.4. The van der Waals surface area contributed by atoms with Crippen LogP contribution in [-0.2, 0) is 6.42 Å². The van der Waals surface area contributed by atoms with Crippen molar-refractivity contribution in [2.24, 2.45) is 0 Å². The summed E-state index contributed by atoms with van der Waals surface area (Å²) in [5.74, 6) is -1.91. The number of fused-ring (bicyclic) bond motifs is 1. The Bertz CT molecular complexity index is 1390. The Balaban J connectivity index is 0.000000237. The van der Waals surface area contributed by atoms with Crippen molar-refractivity contribution in [3.05, 3.63) is 82.9 Å². The molecule has 250 valence electrons. The normalized spacial score (nSPS) is 13.9. The second-order valence-corrected chi connectivity index (χ2v) is 9.32. The minimum absolute atomic E-state index is 0.0894. The SMILES string of the molecule is CCCc1cc(F)c2c(c1F)OCO2.Cc1cccc(OC(F)(F)C(F)C(F)(F)F)c1.Cc1cccc(OC(F)C(F)(F)F)c1. The van der Waals surface area contributed by atoms with E-state index in [2.05, 4.69) is 9.47 Å². The highest BCUT2D eigenvalue weighted by molar-refractivity contribution is 5.47. The van der Waals surface area contributed by atoms with Crippen LogP contribution in [0.1, 0.15) is 30.0 Å². The van der Waals surface area contributed by atoms with Crippen LogP contribution in [0.3, 0.4) is 0 Å². The Morgan fingerprint density at radius 3 is 1.80 bits per heavy atom. The number of hydrogen-bond donors (Lipinski definition) is 0. The van der Waals surface area contributed by atoms with Gasteiger partial charge in [0, 0.05) is 0 Å². The molecule has 16 heteroatoms. The van der Waals surface area contributed by atoms with Gasteiger partial charge in [-0.15, -0.1) is 0 Å². The number of hydrogen-bond acceptors (Lipinski definition) is 4. The zero-order valence-electron chi connectivity index (χ0n) is 23.6. The Kier molecular flexibility index (Phi) is 12.7. The molecule has 3 aromatic carbocycles. The van der Waals surface area contributed by atoms with Gasteiger partial charge >= 0.3 is 24.8 Å². The molecular weight excluding hydrogens is 640 g/mol. The summed E-state index contributed by atoms with van der Waals surface area (Å²) < 4.78 is 165. The summed E-state index contributed by atoms with van der Waals surface area (Å²) in [4.78, 5) is 0. The molecule has 2 unspecified atom stereocenters. The smallest absolute Gasteiger partial charge is 0.452 e. The van der Waals surface area contributed by atoms with E-state index in [1.807, 2.05) is 6.92 Å². The van der Waals surface area contributed by atoms with Gasteiger partial charge in [0.2, 0.25) is 18.3 Å². The first-order valence-electron chi connectivity index (χ1n) is 12.8. The van der Waals surface area contributed by atoms with E-state index in [0.29, 0.717) is 23.1 Å². The minimum atomic E-state index is -5.67. The lowest BCUT2D eigenvalue weighted by Gasteiger charge is -2.23. The van der Waals surface area contributed by atoms with Crippen LogP contribution in [0, 0.1) is 25.5 Å². The van der Waals surface area contributed by atoms with Gasteiger partial charge in [0.15, 0.2) is 11.6 Å².